The molecule has 0 saturated heterocycles. The predicted molar refractivity (Wildman–Crippen MR) is 117 cm³/mol. The first-order valence-corrected chi connectivity index (χ1v) is 10.1. The summed E-state index contributed by atoms with van der Waals surface area (Å²) in [5.41, 5.74) is 3.48. The lowest BCUT2D eigenvalue weighted by Gasteiger charge is -2.35. The third-order valence-corrected chi connectivity index (χ3v) is 6.26. The minimum atomic E-state index is -0.764. The van der Waals surface area contributed by atoms with E-state index in [0.717, 1.165) is 32.1 Å². The minimum Gasteiger partial charge on any atom is -0.361 e. The smallest absolute Gasteiger partial charge is 0.171 e. The van der Waals surface area contributed by atoms with E-state index < -0.39 is 5.41 Å². The number of halogens is 1. The Morgan fingerprint density at radius 3 is 2.14 bits per heavy atom. The quantitative estimate of drug-likeness (QED) is 0.418. The first kappa shape index (κ1) is 17.2. The van der Waals surface area contributed by atoms with E-state index in [9.17, 15) is 4.79 Å². The van der Waals surface area contributed by atoms with E-state index in [2.05, 4.69) is 63.4 Å². The predicted octanol–water partition coefficient (Wildman–Crippen LogP) is 6.14. The summed E-state index contributed by atoms with van der Waals surface area (Å²) >= 11 is 3.59. The average Bonchev–Trinajstić information content (AvgIpc) is 3.30. The zero-order valence-corrected chi connectivity index (χ0v) is 16.7. The Morgan fingerprint density at radius 2 is 1.50 bits per heavy atom. The molecule has 0 saturated carbocycles. The van der Waals surface area contributed by atoms with Crippen LogP contribution in [0.1, 0.15) is 22.6 Å². The van der Waals surface area contributed by atoms with Gasteiger partial charge in [-0.05, 0) is 41.0 Å². The third-order valence-electron chi connectivity index (χ3n) is 5.76. The van der Waals surface area contributed by atoms with Gasteiger partial charge in [0, 0.05) is 27.5 Å². The van der Waals surface area contributed by atoms with Crippen LogP contribution in [0.2, 0.25) is 0 Å². The minimum absolute atomic E-state index is 0.0900. The van der Waals surface area contributed by atoms with Crippen molar-refractivity contribution in [2.45, 2.75) is 11.3 Å². The molecule has 1 aromatic heterocycles. The molecule has 3 aromatic carbocycles. The molecule has 0 bridgehead atoms. The number of nitrogens with one attached hydrogen (secondary N) is 1. The Labute approximate surface area is 172 Å². The summed E-state index contributed by atoms with van der Waals surface area (Å²) in [5.74, 6) is 0.0343. The summed E-state index contributed by atoms with van der Waals surface area (Å²) in [7, 11) is 0. The van der Waals surface area contributed by atoms with E-state index in [4.69, 9.17) is 0 Å². The van der Waals surface area contributed by atoms with Crippen LogP contribution in [0.3, 0.4) is 0 Å². The summed E-state index contributed by atoms with van der Waals surface area (Å²) in [6.45, 7) is 0. The largest absolute Gasteiger partial charge is 0.361 e. The number of hydrogen-bond acceptors (Lipinski definition) is 1. The molecule has 0 amide bonds. The summed E-state index contributed by atoms with van der Waals surface area (Å²) in [6.07, 6.45) is 5.86. The van der Waals surface area contributed by atoms with E-state index in [-0.39, 0.29) is 11.7 Å². The van der Waals surface area contributed by atoms with Crippen LogP contribution < -0.4 is 0 Å². The number of H-pyrrole nitrogens is 1. The number of allylic oxidation sites excluding steroid dienone is 2. The standard InChI is InChI=1S/C25H18BrNO/c26-19-11-13-23-20(15-19)21(16-27-23)22-12-14-24(28)25(22,17-7-3-1-4-8-17)18-9-5-2-6-10-18/h1-16,22,27H/t22-/m1/s1. The van der Waals surface area contributed by atoms with Gasteiger partial charge in [0.25, 0.3) is 0 Å². The second-order valence-corrected chi connectivity index (χ2v) is 8.09. The zero-order valence-electron chi connectivity index (χ0n) is 15.1. The van der Waals surface area contributed by atoms with Crippen molar-refractivity contribution in [1.82, 2.24) is 4.98 Å². The van der Waals surface area contributed by atoms with Gasteiger partial charge in [-0.2, -0.15) is 0 Å². The van der Waals surface area contributed by atoms with Gasteiger partial charge in [0.15, 0.2) is 5.78 Å². The lowest BCUT2D eigenvalue weighted by molar-refractivity contribution is -0.118. The molecule has 0 radical (unpaired) electrons. The highest BCUT2D eigenvalue weighted by Gasteiger charge is 2.50. The first-order chi connectivity index (χ1) is 13.7. The van der Waals surface area contributed by atoms with Crippen molar-refractivity contribution in [2.24, 2.45) is 0 Å². The van der Waals surface area contributed by atoms with Crippen molar-refractivity contribution in [3.05, 3.63) is 118 Å². The van der Waals surface area contributed by atoms with E-state index in [1.165, 1.54) is 0 Å². The Morgan fingerprint density at radius 1 is 0.857 bits per heavy atom. The summed E-state index contributed by atoms with van der Waals surface area (Å²) in [6, 6.07) is 26.5. The van der Waals surface area contributed by atoms with Gasteiger partial charge < -0.3 is 4.98 Å². The number of ketones is 1. The Balaban J connectivity index is 1.82. The van der Waals surface area contributed by atoms with Crippen LogP contribution in [0, 0.1) is 0 Å². The molecular weight excluding hydrogens is 410 g/mol. The van der Waals surface area contributed by atoms with Crippen molar-refractivity contribution in [3.8, 4) is 0 Å². The molecule has 1 N–H and O–H groups in total. The molecule has 1 heterocycles. The maximum atomic E-state index is 13.5. The van der Waals surface area contributed by atoms with Crippen LogP contribution in [0.25, 0.3) is 10.9 Å². The van der Waals surface area contributed by atoms with Crippen LogP contribution in [0.5, 0.6) is 0 Å². The first-order valence-electron chi connectivity index (χ1n) is 9.31. The number of rotatable bonds is 3. The molecule has 1 aliphatic rings. The molecule has 0 spiro atoms. The van der Waals surface area contributed by atoms with Crippen molar-refractivity contribution in [3.63, 3.8) is 0 Å². The van der Waals surface area contributed by atoms with Crippen LogP contribution >= 0.6 is 15.9 Å². The van der Waals surface area contributed by atoms with Gasteiger partial charge in [0.1, 0.15) is 0 Å². The summed E-state index contributed by atoms with van der Waals surface area (Å²) in [4.78, 5) is 16.9. The highest BCUT2D eigenvalue weighted by molar-refractivity contribution is 9.10. The van der Waals surface area contributed by atoms with Crippen molar-refractivity contribution < 1.29 is 4.79 Å². The normalized spacial score (nSPS) is 18.0. The van der Waals surface area contributed by atoms with E-state index >= 15 is 0 Å². The van der Waals surface area contributed by atoms with Crippen LogP contribution in [0.15, 0.2) is 102 Å². The zero-order chi connectivity index (χ0) is 19.1. The lowest BCUT2D eigenvalue weighted by Crippen LogP contribution is -2.38. The molecule has 5 rings (SSSR count). The highest BCUT2D eigenvalue weighted by Crippen LogP contribution is 2.51. The highest BCUT2D eigenvalue weighted by atomic mass is 79.9. The monoisotopic (exact) mass is 427 g/mol. The van der Waals surface area contributed by atoms with E-state index in [0.29, 0.717) is 0 Å². The molecule has 0 unspecified atom stereocenters. The van der Waals surface area contributed by atoms with Crippen molar-refractivity contribution >= 4 is 32.6 Å². The number of hydrogen-bond donors (Lipinski definition) is 1. The van der Waals surface area contributed by atoms with E-state index in [1.807, 2.05) is 48.7 Å². The van der Waals surface area contributed by atoms with E-state index in [1.54, 1.807) is 6.08 Å². The molecular formula is C25H18BrNO. The van der Waals surface area contributed by atoms with Crippen molar-refractivity contribution in [1.29, 1.82) is 0 Å². The number of aromatic nitrogens is 1. The van der Waals surface area contributed by atoms with Gasteiger partial charge in [-0.15, -0.1) is 0 Å². The lowest BCUT2D eigenvalue weighted by atomic mass is 9.64. The Hall–Kier alpha value is -2.91. The SMILES string of the molecule is O=C1C=C[C@H](c2c[nH]c3ccc(Br)cc23)C1(c1ccccc1)c1ccccc1. The number of carbonyl (C=O) groups is 1. The molecule has 0 fully saturated rings. The molecule has 1 aliphatic carbocycles. The van der Waals surface area contributed by atoms with Gasteiger partial charge in [0.05, 0.1) is 5.41 Å². The second kappa shape index (κ2) is 6.61. The second-order valence-electron chi connectivity index (χ2n) is 7.18. The van der Waals surface area contributed by atoms with Crippen LogP contribution in [-0.4, -0.2) is 10.8 Å². The van der Waals surface area contributed by atoms with Gasteiger partial charge in [-0.1, -0.05) is 82.7 Å². The molecule has 3 heteroatoms. The number of benzene rings is 3. The van der Waals surface area contributed by atoms with Gasteiger partial charge in [0.2, 0.25) is 0 Å². The fourth-order valence-corrected chi connectivity index (χ4v) is 4.89. The van der Waals surface area contributed by atoms with Gasteiger partial charge in [-0.25, -0.2) is 0 Å². The summed E-state index contributed by atoms with van der Waals surface area (Å²) < 4.78 is 1.03. The fourth-order valence-electron chi connectivity index (χ4n) is 4.53. The fraction of sp³-hybridized carbons (Fsp3) is 0.0800. The number of aromatic amines is 1. The molecule has 28 heavy (non-hydrogen) atoms. The molecule has 1 atom stereocenters. The Kier molecular flexibility index (Phi) is 4.06. The van der Waals surface area contributed by atoms with Crippen molar-refractivity contribution in [2.75, 3.05) is 0 Å². The number of fused-ring (bicyclic) bond motifs is 1. The van der Waals surface area contributed by atoms with Gasteiger partial charge >= 0.3 is 0 Å². The maximum absolute atomic E-state index is 13.5. The average molecular weight is 428 g/mol. The molecule has 136 valence electrons. The third kappa shape index (κ3) is 2.43. The summed E-state index contributed by atoms with van der Waals surface area (Å²) in [5, 5.41) is 1.13. The van der Waals surface area contributed by atoms with Gasteiger partial charge in [-0.3, -0.25) is 4.79 Å². The molecule has 4 aromatic rings. The van der Waals surface area contributed by atoms with Crippen LogP contribution in [-0.2, 0) is 10.2 Å². The van der Waals surface area contributed by atoms with Crippen LogP contribution in [0.4, 0.5) is 0 Å². The molecule has 2 nitrogen and oxygen atoms in total. The maximum Gasteiger partial charge on any atom is 0.171 e. The molecule has 0 aliphatic heterocycles. The topological polar surface area (TPSA) is 32.9 Å². The number of carbonyl (C=O) groups excluding carboxylic acids is 1. The Bertz CT molecular complexity index is 1150.